The molecule has 0 bridgehead atoms. The number of benzene rings is 2. The van der Waals surface area contributed by atoms with Gasteiger partial charge in [0.05, 0.1) is 11.0 Å². The Morgan fingerprint density at radius 3 is 2.58 bits per heavy atom. The Labute approximate surface area is 140 Å². The minimum absolute atomic E-state index is 0.0515. The number of ketones is 1. The van der Waals surface area contributed by atoms with Crippen LogP contribution in [0, 0.1) is 16.0 Å². The molecule has 5 nitrogen and oxygen atoms in total. The van der Waals surface area contributed by atoms with Gasteiger partial charge in [-0.2, -0.15) is 0 Å². The van der Waals surface area contributed by atoms with Crippen molar-refractivity contribution in [2.24, 2.45) is 5.92 Å². The zero-order valence-corrected chi connectivity index (χ0v) is 13.4. The molecule has 0 amide bonds. The summed E-state index contributed by atoms with van der Waals surface area (Å²) in [5, 5.41) is 14.5. The van der Waals surface area contributed by atoms with Gasteiger partial charge in [0.1, 0.15) is 5.78 Å². The monoisotopic (exact) mass is 324 g/mol. The molecule has 1 N–H and O–H groups in total. The van der Waals surface area contributed by atoms with Crippen LogP contribution in [-0.2, 0) is 4.79 Å². The van der Waals surface area contributed by atoms with Gasteiger partial charge in [-0.25, -0.2) is 0 Å². The molecule has 2 aromatic rings. The number of Topliss-reactive ketones (excluding diaryl/α,β-unsaturated/α-hetero) is 1. The Balaban J connectivity index is 1.96. The number of carbonyl (C=O) groups is 1. The maximum Gasteiger partial charge on any atom is 0.269 e. The molecule has 0 heterocycles. The Kier molecular flexibility index (Phi) is 4.89. The predicted molar refractivity (Wildman–Crippen MR) is 92.9 cm³/mol. The summed E-state index contributed by atoms with van der Waals surface area (Å²) in [5.74, 6) is 0.0853. The van der Waals surface area contributed by atoms with Crippen LogP contribution in [0.1, 0.15) is 37.3 Å². The number of carbonyl (C=O) groups excluding carboxylic acids is 1. The highest BCUT2D eigenvalue weighted by Crippen LogP contribution is 2.35. The van der Waals surface area contributed by atoms with Crippen LogP contribution in [0.4, 0.5) is 11.4 Å². The summed E-state index contributed by atoms with van der Waals surface area (Å²) < 4.78 is 0. The molecule has 0 aromatic heterocycles. The third-order valence-corrected chi connectivity index (χ3v) is 4.54. The molecule has 2 atom stereocenters. The lowest BCUT2D eigenvalue weighted by Gasteiger charge is -2.31. The van der Waals surface area contributed by atoms with Gasteiger partial charge in [0.15, 0.2) is 0 Å². The fourth-order valence-corrected chi connectivity index (χ4v) is 3.32. The molecule has 1 aliphatic rings. The first-order valence-electron chi connectivity index (χ1n) is 8.24. The second kappa shape index (κ2) is 7.25. The minimum Gasteiger partial charge on any atom is -0.378 e. The molecule has 0 aliphatic heterocycles. The lowest BCUT2D eigenvalue weighted by Crippen LogP contribution is -2.30. The Morgan fingerprint density at radius 1 is 1.08 bits per heavy atom. The van der Waals surface area contributed by atoms with Gasteiger partial charge in [0, 0.05) is 30.2 Å². The van der Waals surface area contributed by atoms with Gasteiger partial charge in [0.2, 0.25) is 0 Å². The summed E-state index contributed by atoms with van der Waals surface area (Å²) in [6.07, 6.45) is 3.35. The van der Waals surface area contributed by atoms with Crippen molar-refractivity contribution in [3.8, 4) is 0 Å². The Bertz CT molecular complexity index is 730. The predicted octanol–water partition coefficient (Wildman–Crippen LogP) is 4.51. The molecule has 0 radical (unpaired) electrons. The molecule has 5 heteroatoms. The standard InChI is InChI=1S/C19H20N2O3/c22-18-12-5-4-11-17(18)19(20-15-8-2-1-3-9-15)14-7-6-10-16(13-14)21(23)24/h1-3,6-10,13,17,19-20H,4-5,11-12H2/t17-,19-/m0/s1. The highest BCUT2D eigenvalue weighted by molar-refractivity contribution is 5.83. The molecule has 124 valence electrons. The summed E-state index contributed by atoms with van der Waals surface area (Å²) >= 11 is 0. The van der Waals surface area contributed by atoms with Crippen molar-refractivity contribution in [2.75, 3.05) is 5.32 Å². The van der Waals surface area contributed by atoms with E-state index in [1.165, 1.54) is 6.07 Å². The van der Waals surface area contributed by atoms with Crippen LogP contribution >= 0.6 is 0 Å². The third kappa shape index (κ3) is 3.62. The van der Waals surface area contributed by atoms with Crippen molar-refractivity contribution in [1.29, 1.82) is 0 Å². The number of nitro benzene ring substituents is 1. The molecule has 0 unspecified atom stereocenters. The first-order chi connectivity index (χ1) is 11.6. The minimum atomic E-state index is -0.397. The van der Waals surface area contributed by atoms with Crippen molar-refractivity contribution in [3.05, 3.63) is 70.3 Å². The quantitative estimate of drug-likeness (QED) is 0.649. The van der Waals surface area contributed by atoms with Crippen molar-refractivity contribution >= 4 is 17.2 Å². The van der Waals surface area contributed by atoms with Gasteiger partial charge in [-0.05, 0) is 30.5 Å². The zero-order chi connectivity index (χ0) is 16.9. The Hall–Kier alpha value is -2.69. The molecule has 0 saturated heterocycles. The maximum atomic E-state index is 12.4. The molecule has 24 heavy (non-hydrogen) atoms. The molecule has 3 rings (SSSR count). The highest BCUT2D eigenvalue weighted by atomic mass is 16.6. The molecular weight excluding hydrogens is 304 g/mol. The summed E-state index contributed by atoms with van der Waals surface area (Å²) in [4.78, 5) is 23.1. The molecular formula is C19H20N2O3. The lowest BCUT2D eigenvalue weighted by molar-refractivity contribution is -0.384. The number of hydrogen-bond donors (Lipinski definition) is 1. The summed E-state index contributed by atoms with van der Waals surface area (Å²) in [5.41, 5.74) is 1.75. The van der Waals surface area contributed by atoms with Crippen molar-refractivity contribution < 1.29 is 9.72 Å². The van der Waals surface area contributed by atoms with E-state index in [-0.39, 0.29) is 23.4 Å². The second-order valence-corrected chi connectivity index (χ2v) is 6.16. The van der Waals surface area contributed by atoms with Crippen LogP contribution in [-0.4, -0.2) is 10.7 Å². The van der Waals surface area contributed by atoms with E-state index in [0.29, 0.717) is 6.42 Å². The van der Waals surface area contributed by atoms with E-state index in [9.17, 15) is 14.9 Å². The number of para-hydroxylation sites is 1. The summed E-state index contributed by atoms with van der Waals surface area (Å²) in [7, 11) is 0. The molecule has 1 aliphatic carbocycles. The average molecular weight is 324 g/mol. The van der Waals surface area contributed by atoms with Gasteiger partial charge in [-0.15, -0.1) is 0 Å². The van der Waals surface area contributed by atoms with E-state index in [1.54, 1.807) is 12.1 Å². The fraction of sp³-hybridized carbons (Fsp3) is 0.316. The van der Waals surface area contributed by atoms with Crippen molar-refractivity contribution in [2.45, 2.75) is 31.7 Å². The average Bonchev–Trinajstić information content (AvgIpc) is 2.61. The number of rotatable bonds is 5. The first-order valence-corrected chi connectivity index (χ1v) is 8.24. The largest absolute Gasteiger partial charge is 0.378 e. The lowest BCUT2D eigenvalue weighted by atomic mass is 9.80. The second-order valence-electron chi connectivity index (χ2n) is 6.16. The topological polar surface area (TPSA) is 72.2 Å². The van der Waals surface area contributed by atoms with E-state index < -0.39 is 4.92 Å². The van der Waals surface area contributed by atoms with E-state index >= 15 is 0 Å². The molecule has 2 aromatic carbocycles. The summed E-state index contributed by atoms with van der Waals surface area (Å²) in [6.45, 7) is 0. The number of non-ortho nitro benzene ring substituents is 1. The van der Waals surface area contributed by atoms with Gasteiger partial charge in [0.25, 0.3) is 5.69 Å². The summed E-state index contributed by atoms with van der Waals surface area (Å²) in [6, 6.07) is 16.0. The van der Waals surface area contributed by atoms with Crippen LogP contribution < -0.4 is 5.32 Å². The molecule has 1 fully saturated rings. The number of hydrogen-bond acceptors (Lipinski definition) is 4. The number of nitrogens with one attached hydrogen (secondary N) is 1. The normalized spacial score (nSPS) is 18.8. The van der Waals surface area contributed by atoms with Crippen LogP contribution in [0.5, 0.6) is 0 Å². The number of nitrogens with zero attached hydrogens (tertiary/aromatic N) is 1. The van der Waals surface area contributed by atoms with Crippen LogP contribution in [0.2, 0.25) is 0 Å². The third-order valence-electron chi connectivity index (χ3n) is 4.54. The van der Waals surface area contributed by atoms with Crippen LogP contribution in [0.25, 0.3) is 0 Å². The highest BCUT2D eigenvalue weighted by Gasteiger charge is 2.32. The van der Waals surface area contributed by atoms with Crippen LogP contribution in [0.15, 0.2) is 54.6 Å². The van der Waals surface area contributed by atoms with Gasteiger partial charge < -0.3 is 5.32 Å². The van der Waals surface area contributed by atoms with E-state index in [1.807, 2.05) is 36.4 Å². The number of nitro groups is 1. The van der Waals surface area contributed by atoms with Crippen molar-refractivity contribution in [1.82, 2.24) is 0 Å². The van der Waals surface area contributed by atoms with E-state index in [4.69, 9.17) is 0 Å². The number of anilines is 1. The maximum absolute atomic E-state index is 12.4. The smallest absolute Gasteiger partial charge is 0.269 e. The fourth-order valence-electron chi connectivity index (χ4n) is 3.32. The zero-order valence-electron chi connectivity index (χ0n) is 13.4. The SMILES string of the molecule is O=C1CCCC[C@@H]1[C@@H](Nc1ccccc1)c1cccc([N+](=O)[O-])c1. The van der Waals surface area contributed by atoms with Gasteiger partial charge in [-0.3, -0.25) is 14.9 Å². The van der Waals surface area contributed by atoms with E-state index in [0.717, 1.165) is 30.5 Å². The van der Waals surface area contributed by atoms with Gasteiger partial charge in [-0.1, -0.05) is 36.8 Å². The first kappa shape index (κ1) is 16.2. The van der Waals surface area contributed by atoms with E-state index in [2.05, 4.69) is 5.32 Å². The molecule has 1 saturated carbocycles. The van der Waals surface area contributed by atoms with Crippen molar-refractivity contribution in [3.63, 3.8) is 0 Å². The van der Waals surface area contributed by atoms with Crippen LogP contribution in [0.3, 0.4) is 0 Å². The Morgan fingerprint density at radius 2 is 1.88 bits per heavy atom. The molecule has 0 spiro atoms. The van der Waals surface area contributed by atoms with Gasteiger partial charge >= 0.3 is 0 Å².